The molecule has 0 amide bonds. The molecule has 0 fully saturated rings. The van der Waals surface area contributed by atoms with Gasteiger partial charge in [0.25, 0.3) is 0 Å². The Kier molecular flexibility index (Phi) is 1.68. The predicted octanol–water partition coefficient (Wildman–Crippen LogP) is 0.333. The number of aromatic nitrogens is 2. The van der Waals surface area contributed by atoms with Gasteiger partial charge in [0, 0.05) is 0 Å². The van der Waals surface area contributed by atoms with E-state index in [1.807, 2.05) is 13.8 Å². The fourth-order valence-electron chi connectivity index (χ4n) is 1.44. The number of ether oxygens (including phenoxy) is 1. The summed E-state index contributed by atoms with van der Waals surface area (Å²) in [7, 11) is -3.24. The van der Waals surface area contributed by atoms with Crippen molar-refractivity contribution in [1.29, 1.82) is 4.78 Å². The third-order valence-electron chi connectivity index (χ3n) is 1.99. The van der Waals surface area contributed by atoms with E-state index in [-0.39, 0.29) is 10.5 Å². The highest BCUT2D eigenvalue weighted by molar-refractivity contribution is 7.90. The molecule has 14 heavy (non-hydrogen) atoms. The van der Waals surface area contributed by atoms with Crippen LogP contribution < -0.4 is 9.88 Å². The smallest absolute Gasteiger partial charge is 0.231 e. The van der Waals surface area contributed by atoms with Crippen LogP contribution in [0.15, 0.2) is 11.1 Å². The zero-order valence-electron chi connectivity index (χ0n) is 7.98. The van der Waals surface area contributed by atoms with Crippen LogP contribution in [0.4, 0.5) is 0 Å². The third kappa shape index (κ3) is 1.38. The molecule has 7 heteroatoms. The highest BCUT2D eigenvalue weighted by atomic mass is 32.2. The summed E-state index contributed by atoms with van der Waals surface area (Å²) < 4.78 is 25.7. The Labute approximate surface area is 82.1 Å². The number of hydrogen-bond acceptors (Lipinski definition) is 4. The Morgan fingerprint density at radius 3 is 3.00 bits per heavy atom. The van der Waals surface area contributed by atoms with E-state index in [0.29, 0.717) is 12.4 Å². The maximum atomic E-state index is 11.3. The largest absolute Gasteiger partial charge is 0.469 e. The molecule has 3 N–H and O–H groups in total. The second kappa shape index (κ2) is 2.48. The van der Waals surface area contributed by atoms with Crippen LogP contribution in [0.5, 0.6) is 5.88 Å². The van der Waals surface area contributed by atoms with Crippen molar-refractivity contribution in [3.8, 4) is 5.88 Å². The molecule has 1 aliphatic heterocycles. The zero-order valence-corrected chi connectivity index (χ0v) is 8.80. The van der Waals surface area contributed by atoms with Crippen LogP contribution in [0.25, 0.3) is 0 Å². The number of nitrogens with one attached hydrogen (secondary N) is 1. The molecule has 2 heterocycles. The Morgan fingerprint density at radius 1 is 1.79 bits per heavy atom. The first-order chi connectivity index (χ1) is 6.30. The molecule has 0 aromatic carbocycles. The van der Waals surface area contributed by atoms with Gasteiger partial charge in [0.05, 0.1) is 12.7 Å². The van der Waals surface area contributed by atoms with Crippen molar-refractivity contribution in [2.75, 3.05) is 0 Å². The first-order valence-electron chi connectivity index (χ1n) is 4.11. The molecule has 0 radical (unpaired) electrons. The monoisotopic (exact) mass is 216 g/mol. The summed E-state index contributed by atoms with van der Waals surface area (Å²) in [6.07, 6.45) is 1.33. The van der Waals surface area contributed by atoms with Crippen LogP contribution in [0.2, 0.25) is 0 Å². The lowest BCUT2D eigenvalue weighted by molar-refractivity contribution is 0.132. The molecule has 1 aliphatic rings. The molecule has 6 nitrogen and oxygen atoms in total. The topological polar surface area (TPSA) is 94.0 Å². The van der Waals surface area contributed by atoms with E-state index in [4.69, 9.17) is 14.7 Å². The summed E-state index contributed by atoms with van der Waals surface area (Å²) in [6, 6.07) is 0. The van der Waals surface area contributed by atoms with Gasteiger partial charge < -0.3 is 4.74 Å². The van der Waals surface area contributed by atoms with E-state index in [9.17, 15) is 4.21 Å². The van der Waals surface area contributed by atoms with Crippen LogP contribution in [0, 0.1) is 4.78 Å². The van der Waals surface area contributed by atoms with Crippen LogP contribution in [-0.2, 0) is 16.5 Å². The summed E-state index contributed by atoms with van der Waals surface area (Å²) in [5.74, 6) is 0.359. The van der Waals surface area contributed by atoms with E-state index < -0.39 is 9.92 Å². The summed E-state index contributed by atoms with van der Waals surface area (Å²) in [4.78, 5) is 0.170. The summed E-state index contributed by atoms with van der Waals surface area (Å²) in [6.45, 7) is 4.37. The van der Waals surface area contributed by atoms with Crippen LogP contribution in [-0.4, -0.2) is 19.6 Å². The minimum atomic E-state index is -3.24. The van der Waals surface area contributed by atoms with Gasteiger partial charge in [0.15, 0.2) is 0 Å². The highest BCUT2D eigenvalue weighted by Gasteiger charge is 2.34. The first-order valence-corrected chi connectivity index (χ1v) is 5.73. The Bertz CT molecular complexity index is 474. The van der Waals surface area contributed by atoms with Crippen molar-refractivity contribution in [1.82, 2.24) is 9.78 Å². The number of hydrogen-bond donors (Lipinski definition) is 2. The molecular weight excluding hydrogens is 204 g/mol. The maximum absolute atomic E-state index is 11.3. The first kappa shape index (κ1) is 9.47. The fourth-order valence-corrected chi connectivity index (χ4v) is 2.05. The van der Waals surface area contributed by atoms with E-state index in [1.54, 1.807) is 4.68 Å². The van der Waals surface area contributed by atoms with Crippen LogP contribution >= 0.6 is 0 Å². The van der Waals surface area contributed by atoms with E-state index >= 15 is 0 Å². The second-order valence-electron chi connectivity index (χ2n) is 3.93. The van der Waals surface area contributed by atoms with Gasteiger partial charge in [-0.2, -0.15) is 5.10 Å². The normalized spacial score (nSPS) is 22.5. The molecule has 2 rings (SSSR count). The van der Waals surface area contributed by atoms with Crippen molar-refractivity contribution in [2.24, 2.45) is 5.14 Å². The standard InChI is InChI=1S/C7H12N4O2S/c1-7(2)4-11-6(13-7)5(3-10-11)14(8,9)12/h3H,4H2,1-2H3,(H3,8,9,12). The lowest BCUT2D eigenvalue weighted by Crippen LogP contribution is -2.26. The average molecular weight is 216 g/mol. The Morgan fingerprint density at radius 2 is 2.43 bits per heavy atom. The van der Waals surface area contributed by atoms with Crippen molar-refractivity contribution in [2.45, 2.75) is 30.9 Å². The zero-order chi connectivity index (χ0) is 10.6. The summed E-state index contributed by atoms with van der Waals surface area (Å²) >= 11 is 0. The predicted molar refractivity (Wildman–Crippen MR) is 50.2 cm³/mol. The van der Waals surface area contributed by atoms with E-state index in [0.717, 1.165) is 0 Å². The van der Waals surface area contributed by atoms with Gasteiger partial charge in [0.2, 0.25) is 5.88 Å². The van der Waals surface area contributed by atoms with Crippen LogP contribution in [0.1, 0.15) is 13.8 Å². The average Bonchev–Trinajstić information content (AvgIpc) is 2.38. The van der Waals surface area contributed by atoms with E-state index in [2.05, 4.69) is 5.10 Å². The van der Waals surface area contributed by atoms with Gasteiger partial charge in [-0.15, -0.1) is 0 Å². The number of rotatable bonds is 1. The molecule has 0 bridgehead atoms. The van der Waals surface area contributed by atoms with Gasteiger partial charge in [-0.05, 0) is 13.8 Å². The summed E-state index contributed by atoms with van der Waals surface area (Å²) in [5.41, 5.74) is -0.372. The third-order valence-corrected chi connectivity index (χ3v) is 2.92. The van der Waals surface area contributed by atoms with E-state index in [1.165, 1.54) is 6.20 Å². The molecule has 1 atom stereocenters. The number of nitrogens with zero attached hydrogens (tertiary/aromatic N) is 2. The summed E-state index contributed by atoms with van der Waals surface area (Å²) in [5, 5.41) is 9.20. The molecule has 0 saturated carbocycles. The molecule has 0 aliphatic carbocycles. The lowest BCUT2D eigenvalue weighted by atomic mass is 10.1. The van der Waals surface area contributed by atoms with Gasteiger partial charge in [-0.3, -0.25) is 0 Å². The van der Waals surface area contributed by atoms with Gasteiger partial charge in [0.1, 0.15) is 20.4 Å². The number of nitrogens with two attached hydrogens (primary N) is 1. The molecule has 1 aromatic heterocycles. The van der Waals surface area contributed by atoms with Crippen molar-refractivity contribution < 1.29 is 8.95 Å². The SMILES string of the molecule is CC1(C)Cn2ncc(S(=N)(N)=O)c2O1. The lowest BCUT2D eigenvalue weighted by Gasteiger charge is -2.15. The van der Waals surface area contributed by atoms with Crippen molar-refractivity contribution in [3.63, 3.8) is 0 Å². The second-order valence-corrected chi connectivity index (χ2v) is 5.58. The maximum Gasteiger partial charge on any atom is 0.231 e. The molecule has 0 saturated heterocycles. The van der Waals surface area contributed by atoms with Crippen molar-refractivity contribution in [3.05, 3.63) is 6.20 Å². The molecule has 1 unspecified atom stereocenters. The molecule has 0 spiro atoms. The van der Waals surface area contributed by atoms with Gasteiger partial charge in [-0.25, -0.2) is 18.8 Å². The number of fused-ring (bicyclic) bond motifs is 1. The quantitative estimate of drug-likeness (QED) is 0.708. The van der Waals surface area contributed by atoms with Gasteiger partial charge in [-0.1, -0.05) is 0 Å². The molecule has 1 aromatic rings. The van der Waals surface area contributed by atoms with Gasteiger partial charge >= 0.3 is 0 Å². The Balaban J connectivity index is 2.53. The fraction of sp³-hybridized carbons (Fsp3) is 0.571. The minimum absolute atomic E-state index is 0.170. The Hall–Kier alpha value is -1.08. The minimum Gasteiger partial charge on any atom is -0.469 e. The van der Waals surface area contributed by atoms with Crippen LogP contribution in [0.3, 0.4) is 0 Å². The molecular formula is C7H12N4O2S. The van der Waals surface area contributed by atoms with Crippen molar-refractivity contribution >= 4 is 9.92 Å². The molecule has 78 valence electrons. The highest BCUT2D eigenvalue weighted by Crippen LogP contribution is 2.33.